The van der Waals surface area contributed by atoms with Crippen molar-refractivity contribution >= 4 is 10.9 Å². The van der Waals surface area contributed by atoms with Crippen molar-refractivity contribution in [3.8, 4) is 11.3 Å². The molecule has 17 heavy (non-hydrogen) atoms. The van der Waals surface area contributed by atoms with Gasteiger partial charge in [0, 0.05) is 10.9 Å². The van der Waals surface area contributed by atoms with Crippen LogP contribution in [0.25, 0.3) is 22.2 Å². The maximum absolute atomic E-state index is 4.65. The second-order valence-electron chi connectivity index (χ2n) is 3.76. The van der Waals surface area contributed by atoms with Crippen LogP contribution in [0.3, 0.4) is 0 Å². The van der Waals surface area contributed by atoms with Gasteiger partial charge in [-0.2, -0.15) is 0 Å². The summed E-state index contributed by atoms with van der Waals surface area (Å²) in [6.07, 6.45) is 0. The van der Waals surface area contributed by atoms with Gasteiger partial charge in [0.1, 0.15) is 0 Å². The van der Waals surface area contributed by atoms with Crippen LogP contribution in [-0.4, -0.2) is 4.98 Å². The summed E-state index contributed by atoms with van der Waals surface area (Å²) >= 11 is 0. The van der Waals surface area contributed by atoms with E-state index in [1.54, 1.807) is 0 Å². The summed E-state index contributed by atoms with van der Waals surface area (Å²) < 4.78 is 0. The van der Waals surface area contributed by atoms with E-state index in [2.05, 4.69) is 35.3 Å². The topological polar surface area (TPSA) is 12.9 Å². The second-order valence-corrected chi connectivity index (χ2v) is 3.76. The molecule has 0 bridgehead atoms. The number of aromatic nitrogens is 1. The van der Waals surface area contributed by atoms with Gasteiger partial charge in [0.15, 0.2) is 0 Å². The molecule has 0 atom stereocenters. The molecule has 0 saturated heterocycles. The van der Waals surface area contributed by atoms with E-state index in [0.29, 0.717) is 0 Å². The summed E-state index contributed by atoms with van der Waals surface area (Å²) in [5.41, 5.74) is 3.23. The third-order valence-corrected chi connectivity index (χ3v) is 2.67. The van der Waals surface area contributed by atoms with E-state index in [4.69, 9.17) is 0 Å². The van der Waals surface area contributed by atoms with Crippen molar-refractivity contribution in [1.82, 2.24) is 4.98 Å². The van der Waals surface area contributed by atoms with Crippen LogP contribution in [0.1, 0.15) is 0 Å². The maximum atomic E-state index is 4.65. The number of hydrogen-bond acceptors (Lipinski definition) is 1. The van der Waals surface area contributed by atoms with E-state index in [1.165, 1.54) is 5.39 Å². The molecule has 0 radical (unpaired) electrons. The summed E-state index contributed by atoms with van der Waals surface area (Å²) in [6.45, 7) is 0. The van der Waals surface area contributed by atoms with Crippen LogP contribution in [-0.2, 0) is 20.1 Å². The Balaban J connectivity index is 0.00000108. The summed E-state index contributed by atoms with van der Waals surface area (Å²) in [7, 11) is 0. The molecule has 1 heterocycles. The molecule has 3 aromatic rings. The molecule has 0 aliphatic heterocycles. The van der Waals surface area contributed by atoms with Gasteiger partial charge in [0.25, 0.3) is 0 Å². The fourth-order valence-electron chi connectivity index (χ4n) is 1.84. The van der Waals surface area contributed by atoms with Gasteiger partial charge in [0.05, 0.1) is 11.2 Å². The average molecular weight is 397 g/mol. The van der Waals surface area contributed by atoms with Gasteiger partial charge in [-0.3, -0.25) is 0 Å². The molecule has 0 amide bonds. The van der Waals surface area contributed by atoms with Crippen LogP contribution in [0, 0.1) is 0 Å². The Morgan fingerprint density at radius 1 is 0.647 bits per heavy atom. The molecule has 0 fully saturated rings. The fraction of sp³-hybridized carbons (Fsp3) is 0. The Bertz CT molecular complexity index is 620. The second kappa shape index (κ2) is 5.22. The summed E-state index contributed by atoms with van der Waals surface area (Å²) in [5.74, 6) is 0. The van der Waals surface area contributed by atoms with Gasteiger partial charge in [0.2, 0.25) is 0 Å². The van der Waals surface area contributed by atoms with Gasteiger partial charge >= 0.3 is 20.1 Å². The third kappa shape index (κ3) is 2.44. The van der Waals surface area contributed by atoms with E-state index < -0.39 is 0 Å². The average Bonchev–Trinajstić information content (AvgIpc) is 2.39. The van der Waals surface area contributed by atoms with Crippen molar-refractivity contribution in [2.24, 2.45) is 0 Å². The van der Waals surface area contributed by atoms with Crippen LogP contribution in [0.4, 0.5) is 0 Å². The predicted octanol–water partition coefficient (Wildman–Crippen LogP) is 3.90. The van der Waals surface area contributed by atoms with Gasteiger partial charge in [-0.1, -0.05) is 54.6 Å². The minimum Gasteiger partial charge on any atom is -0.248 e. The minimum absolute atomic E-state index is 0. The first-order valence-corrected chi connectivity index (χ1v) is 5.35. The first kappa shape index (κ1) is 12.0. The molecule has 0 N–H and O–H groups in total. The molecule has 0 aliphatic rings. The quantitative estimate of drug-likeness (QED) is 0.607. The molecule has 0 unspecified atom stereocenters. The minimum atomic E-state index is 0. The fourth-order valence-corrected chi connectivity index (χ4v) is 1.84. The van der Waals surface area contributed by atoms with Crippen LogP contribution >= 0.6 is 0 Å². The largest absolute Gasteiger partial charge is 3.00 e. The monoisotopic (exact) mass is 398 g/mol. The van der Waals surface area contributed by atoms with Crippen LogP contribution in [0.5, 0.6) is 0 Å². The molecular weight excluding hydrogens is 386 g/mol. The summed E-state index contributed by atoms with van der Waals surface area (Å²) in [4.78, 5) is 4.65. The van der Waals surface area contributed by atoms with Gasteiger partial charge in [-0.05, 0) is 12.1 Å². The molecule has 1 nitrogen and oxygen atoms in total. The van der Waals surface area contributed by atoms with Gasteiger partial charge < -0.3 is 0 Å². The molecule has 0 spiro atoms. The zero-order chi connectivity index (χ0) is 10.8. The van der Waals surface area contributed by atoms with Crippen molar-refractivity contribution in [3.63, 3.8) is 0 Å². The third-order valence-electron chi connectivity index (χ3n) is 2.67. The van der Waals surface area contributed by atoms with E-state index in [9.17, 15) is 0 Å². The van der Waals surface area contributed by atoms with E-state index in [1.807, 2.05) is 36.4 Å². The Morgan fingerprint density at radius 3 is 2.18 bits per heavy atom. The smallest absolute Gasteiger partial charge is 0.248 e. The van der Waals surface area contributed by atoms with E-state index in [-0.39, 0.29) is 20.1 Å². The zero-order valence-corrected chi connectivity index (χ0v) is 11.5. The first-order chi connectivity index (χ1) is 7.93. The molecule has 3 rings (SSSR count). The normalized spacial score (nSPS) is 9.88. The Morgan fingerprint density at radius 2 is 1.35 bits per heavy atom. The Labute approximate surface area is 114 Å². The van der Waals surface area contributed by atoms with Crippen LogP contribution < -0.4 is 0 Å². The SMILES string of the molecule is [Ir+3].c1ccc(-c2ccc3ccccc3n2)cc1. The van der Waals surface area contributed by atoms with Crippen molar-refractivity contribution in [3.05, 3.63) is 66.7 Å². The zero-order valence-electron chi connectivity index (χ0n) is 9.13. The van der Waals surface area contributed by atoms with Crippen molar-refractivity contribution in [2.75, 3.05) is 0 Å². The van der Waals surface area contributed by atoms with Crippen LogP contribution in [0.15, 0.2) is 66.7 Å². The molecule has 0 aliphatic carbocycles. The van der Waals surface area contributed by atoms with Crippen LogP contribution in [0.2, 0.25) is 0 Å². The van der Waals surface area contributed by atoms with E-state index in [0.717, 1.165) is 16.8 Å². The molecule has 82 valence electrons. The van der Waals surface area contributed by atoms with Gasteiger partial charge in [-0.25, -0.2) is 4.98 Å². The molecule has 0 saturated carbocycles. The number of hydrogen-bond donors (Lipinski definition) is 0. The Hall–Kier alpha value is -1.50. The molecule has 1 aromatic heterocycles. The first-order valence-electron chi connectivity index (χ1n) is 5.35. The molecule has 2 heteroatoms. The number of benzene rings is 2. The number of nitrogens with zero attached hydrogens (tertiary/aromatic N) is 1. The Kier molecular flexibility index (Phi) is 3.68. The van der Waals surface area contributed by atoms with Crippen molar-refractivity contribution in [1.29, 1.82) is 0 Å². The summed E-state index contributed by atoms with van der Waals surface area (Å²) in [6, 6.07) is 22.6. The molecular formula is C15H11IrN+3. The van der Waals surface area contributed by atoms with Crippen molar-refractivity contribution < 1.29 is 20.1 Å². The number of pyridine rings is 1. The summed E-state index contributed by atoms with van der Waals surface area (Å²) in [5, 5.41) is 1.18. The van der Waals surface area contributed by atoms with E-state index >= 15 is 0 Å². The maximum Gasteiger partial charge on any atom is 3.00 e. The number of fused-ring (bicyclic) bond motifs is 1. The van der Waals surface area contributed by atoms with Gasteiger partial charge in [-0.15, -0.1) is 0 Å². The molecule has 2 aromatic carbocycles. The standard InChI is InChI=1S/C15H11N.Ir/c1-2-6-12(7-3-1)15-11-10-13-8-4-5-9-14(13)16-15;/h1-11H;/q;+3. The van der Waals surface area contributed by atoms with Crippen molar-refractivity contribution in [2.45, 2.75) is 0 Å². The number of rotatable bonds is 1. The predicted molar refractivity (Wildman–Crippen MR) is 67.2 cm³/mol. The number of para-hydroxylation sites is 1.